The zero-order chi connectivity index (χ0) is 14.4. The van der Waals surface area contributed by atoms with Gasteiger partial charge in [0.2, 0.25) is 5.91 Å². The monoisotopic (exact) mass is 265 g/mol. The number of rotatable bonds is 7. The van der Waals surface area contributed by atoms with Crippen molar-refractivity contribution in [3.05, 3.63) is 29.8 Å². The summed E-state index contributed by atoms with van der Waals surface area (Å²) in [6.07, 6.45) is 0. The van der Waals surface area contributed by atoms with Gasteiger partial charge in [0.05, 0.1) is 19.7 Å². The predicted molar refractivity (Wildman–Crippen MR) is 75.8 cm³/mol. The second-order valence-corrected chi connectivity index (χ2v) is 4.58. The third kappa shape index (κ3) is 3.94. The van der Waals surface area contributed by atoms with Crippen molar-refractivity contribution < 1.29 is 9.53 Å². The smallest absolute Gasteiger partial charge is 0.231 e. The number of likely N-dealkylation sites (N-methyl/N-ethyl adjacent to an activating group) is 1. The van der Waals surface area contributed by atoms with E-state index in [0.29, 0.717) is 6.54 Å². The first-order chi connectivity index (χ1) is 9.01. The minimum absolute atomic E-state index is 0.103. The van der Waals surface area contributed by atoms with Gasteiger partial charge in [-0.15, -0.1) is 0 Å². The summed E-state index contributed by atoms with van der Waals surface area (Å²) < 4.78 is 5.38. The van der Waals surface area contributed by atoms with Crippen LogP contribution < -0.4 is 16.2 Å². The molecule has 0 aliphatic heterocycles. The molecule has 0 aromatic heterocycles. The Morgan fingerprint density at radius 1 is 1.42 bits per heavy atom. The summed E-state index contributed by atoms with van der Waals surface area (Å²) in [4.78, 5) is 13.2. The van der Waals surface area contributed by atoms with Crippen molar-refractivity contribution in [1.29, 1.82) is 0 Å². The van der Waals surface area contributed by atoms with Crippen molar-refractivity contribution in [2.45, 2.75) is 25.9 Å². The summed E-state index contributed by atoms with van der Waals surface area (Å²) in [5.74, 6) is 0.412. The number of primary amides is 1. The summed E-state index contributed by atoms with van der Waals surface area (Å²) in [6, 6.07) is 7.46. The van der Waals surface area contributed by atoms with E-state index in [-0.39, 0.29) is 24.5 Å². The molecule has 0 aliphatic rings. The van der Waals surface area contributed by atoms with Crippen LogP contribution in [-0.2, 0) is 4.79 Å². The fraction of sp³-hybridized carbons (Fsp3) is 0.500. The third-order valence-electron chi connectivity index (χ3n) is 3.11. The largest absolute Gasteiger partial charge is 0.496 e. The highest BCUT2D eigenvalue weighted by molar-refractivity contribution is 5.76. The average Bonchev–Trinajstić information content (AvgIpc) is 2.37. The van der Waals surface area contributed by atoms with Gasteiger partial charge in [-0.2, -0.15) is 0 Å². The number of hydrogen-bond donors (Lipinski definition) is 2. The van der Waals surface area contributed by atoms with Crippen LogP contribution in [0.25, 0.3) is 0 Å². The van der Waals surface area contributed by atoms with Crippen molar-refractivity contribution in [3.8, 4) is 5.75 Å². The molecule has 0 aliphatic carbocycles. The molecule has 5 heteroatoms. The van der Waals surface area contributed by atoms with E-state index < -0.39 is 0 Å². The number of para-hydroxylation sites is 1. The average molecular weight is 265 g/mol. The zero-order valence-corrected chi connectivity index (χ0v) is 11.8. The van der Waals surface area contributed by atoms with Crippen molar-refractivity contribution in [2.75, 3.05) is 20.2 Å². The lowest BCUT2D eigenvalue weighted by Crippen LogP contribution is -2.43. The van der Waals surface area contributed by atoms with Gasteiger partial charge in [0.25, 0.3) is 0 Å². The second kappa shape index (κ2) is 7.11. The number of hydrogen-bond acceptors (Lipinski definition) is 4. The Kier molecular flexibility index (Phi) is 5.79. The summed E-state index contributed by atoms with van der Waals surface area (Å²) in [6.45, 7) is 4.77. The highest BCUT2D eigenvalue weighted by Crippen LogP contribution is 2.30. The molecule has 0 radical (unpaired) electrons. The lowest BCUT2D eigenvalue weighted by molar-refractivity contribution is -0.119. The fourth-order valence-electron chi connectivity index (χ4n) is 2.33. The first-order valence-corrected chi connectivity index (χ1v) is 6.42. The first-order valence-electron chi connectivity index (χ1n) is 6.42. The summed E-state index contributed by atoms with van der Waals surface area (Å²) in [5, 5.41) is 0. The van der Waals surface area contributed by atoms with Crippen molar-refractivity contribution in [3.63, 3.8) is 0 Å². The molecule has 1 rings (SSSR count). The molecule has 4 N–H and O–H groups in total. The zero-order valence-electron chi connectivity index (χ0n) is 11.8. The quantitative estimate of drug-likeness (QED) is 0.767. The van der Waals surface area contributed by atoms with Crippen LogP contribution in [0.5, 0.6) is 5.75 Å². The van der Waals surface area contributed by atoms with Gasteiger partial charge in [-0.25, -0.2) is 0 Å². The van der Waals surface area contributed by atoms with Gasteiger partial charge in [0.15, 0.2) is 0 Å². The molecule has 0 bridgehead atoms. The van der Waals surface area contributed by atoms with Crippen LogP contribution in [0.4, 0.5) is 0 Å². The molecule has 0 fully saturated rings. The molecule has 2 unspecified atom stereocenters. The molecule has 0 saturated heterocycles. The van der Waals surface area contributed by atoms with Crippen LogP contribution in [0.3, 0.4) is 0 Å². The Morgan fingerprint density at radius 2 is 2.05 bits per heavy atom. The fourth-order valence-corrected chi connectivity index (χ4v) is 2.33. The molecule has 1 amide bonds. The number of nitrogens with two attached hydrogens (primary N) is 2. The molecule has 5 nitrogen and oxygen atoms in total. The number of carbonyl (C=O) groups excluding carboxylic acids is 1. The number of amides is 1. The summed E-state index contributed by atoms with van der Waals surface area (Å²) in [7, 11) is 1.63. The van der Waals surface area contributed by atoms with Gasteiger partial charge >= 0.3 is 0 Å². The van der Waals surface area contributed by atoms with Gasteiger partial charge in [-0.05, 0) is 19.5 Å². The molecule has 106 valence electrons. The normalized spacial score (nSPS) is 14.2. The van der Waals surface area contributed by atoms with Crippen molar-refractivity contribution in [2.24, 2.45) is 11.5 Å². The van der Waals surface area contributed by atoms with Crippen LogP contribution >= 0.6 is 0 Å². The number of methoxy groups -OCH3 is 1. The Balaban J connectivity index is 3.14. The topological polar surface area (TPSA) is 81.6 Å². The highest BCUT2D eigenvalue weighted by Gasteiger charge is 2.26. The lowest BCUT2D eigenvalue weighted by atomic mass is 9.98. The molecule has 19 heavy (non-hydrogen) atoms. The minimum atomic E-state index is -0.359. The third-order valence-corrected chi connectivity index (χ3v) is 3.11. The van der Waals surface area contributed by atoms with Crippen LogP contribution in [0.15, 0.2) is 24.3 Å². The number of nitrogens with zero attached hydrogens (tertiary/aromatic N) is 1. The molecule has 0 heterocycles. The van der Waals surface area contributed by atoms with Crippen LogP contribution in [0.1, 0.15) is 25.5 Å². The van der Waals surface area contributed by atoms with E-state index in [2.05, 4.69) is 0 Å². The Hall–Kier alpha value is -1.59. The van der Waals surface area contributed by atoms with E-state index in [1.54, 1.807) is 7.11 Å². The number of ether oxygens (including phenoxy) is 1. The van der Waals surface area contributed by atoms with E-state index in [0.717, 1.165) is 11.3 Å². The molecule has 1 aromatic carbocycles. The van der Waals surface area contributed by atoms with Crippen molar-refractivity contribution >= 4 is 5.91 Å². The Labute approximate surface area is 114 Å². The summed E-state index contributed by atoms with van der Waals surface area (Å²) in [5.41, 5.74) is 12.4. The van der Waals surface area contributed by atoms with Gasteiger partial charge in [-0.1, -0.05) is 25.1 Å². The maximum atomic E-state index is 11.2. The maximum Gasteiger partial charge on any atom is 0.231 e. The second-order valence-electron chi connectivity index (χ2n) is 4.58. The Bertz CT molecular complexity index is 421. The van der Waals surface area contributed by atoms with Crippen LogP contribution in [-0.4, -0.2) is 37.0 Å². The van der Waals surface area contributed by atoms with Crippen LogP contribution in [0, 0.1) is 0 Å². The van der Waals surface area contributed by atoms with Crippen LogP contribution in [0.2, 0.25) is 0 Å². The van der Waals surface area contributed by atoms with Gasteiger partial charge < -0.3 is 16.2 Å². The van der Waals surface area contributed by atoms with E-state index in [1.807, 2.05) is 43.0 Å². The van der Waals surface area contributed by atoms with E-state index in [9.17, 15) is 4.79 Å². The lowest BCUT2D eigenvalue weighted by Gasteiger charge is -2.33. The highest BCUT2D eigenvalue weighted by atomic mass is 16.5. The Morgan fingerprint density at radius 3 is 2.53 bits per heavy atom. The number of carbonyl (C=O) groups is 1. The van der Waals surface area contributed by atoms with Gasteiger partial charge in [0, 0.05) is 11.6 Å². The first kappa shape index (κ1) is 15.5. The van der Waals surface area contributed by atoms with Gasteiger partial charge in [-0.3, -0.25) is 9.69 Å². The molecular weight excluding hydrogens is 242 g/mol. The molecular formula is C14H23N3O2. The molecule has 1 aromatic rings. The number of benzene rings is 1. The predicted octanol–water partition coefficient (Wildman–Crippen LogP) is 0.891. The van der Waals surface area contributed by atoms with E-state index in [4.69, 9.17) is 16.2 Å². The summed E-state index contributed by atoms with van der Waals surface area (Å²) >= 11 is 0. The van der Waals surface area contributed by atoms with E-state index >= 15 is 0 Å². The van der Waals surface area contributed by atoms with Crippen molar-refractivity contribution in [1.82, 2.24) is 4.90 Å². The van der Waals surface area contributed by atoms with Gasteiger partial charge in [0.1, 0.15) is 5.75 Å². The SMILES string of the molecule is CCN(CC(N)=O)C(c1ccccc1OC)C(C)N. The maximum absolute atomic E-state index is 11.2. The molecule has 2 atom stereocenters. The molecule has 0 spiro atoms. The minimum Gasteiger partial charge on any atom is -0.496 e. The van der Waals surface area contributed by atoms with E-state index in [1.165, 1.54) is 0 Å². The molecule has 0 saturated carbocycles. The standard InChI is InChI=1S/C14H23N3O2/c1-4-17(9-13(16)18)14(10(2)15)11-7-5-6-8-12(11)19-3/h5-8,10,14H,4,9,15H2,1-3H3,(H2,16,18).